The molecule has 12 heteroatoms. The maximum atomic E-state index is 13.3. The molecule has 28 heavy (non-hydrogen) atoms. The lowest BCUT2D eigenvalue weighted by molar-refractivity contribution is -0.0528. The van der Waals surface area contributed by atoms with E-state index in [2.05, 4.69) is 35.3 Å². The van der Waals surface area contributed by atoms with Gasteiger partial charge < -0.3 is 10.1 Å². The number of alkyl halides is 4. The average Bonchev–Trinajstić information content (AvgIpc) is 3.19. The fourth-order valence-electron chi connectivity index (χ4n) is 3.95. The van der Waals surface area contributed by atoms with Crippen LogP contribution in [0.5, 0.6) is 5.88 Å². The van der Waals surface area contributed by atoms with E-state index in [0.29, 0.717) is 36.4 Å². The molecule has 8 nitrogen and oxygen atoms in total. The molecule has 0 aromatic carbocycles. The molecule has 3 aromatic rings. The van der Waals surface area contributed by atoms with E-state index in [1.54, 1.807) is 0 Å². The lowest BCUT2D eigenvalue weighted by Crippen LogP contribution is -2.17. The fourth-order valence-corrected chi connectivity index (χ4v) is 3.95. The Morgan fingerprint density at radius 1 is 1.29 bits per heavy atom. The minimum atomic E-state index is -2.98. The molecule has 148 valence electrons. The van der Waals surface area contributed by atoms with Crippen molar-refractivity contribution in [3.63, 3.8) is 0 Å². The summed E-state index contributed by atoms with van der Waals surface area (Å²) in [6.07, 6.45) is 4.04. The SMILES string of the molecule is FC(F)Oc1cc(-n2ncc3ncc(NCC4CC5C(C4)C5(F)F)nc32)[nH]n1. The highest BCUT2D eigenvalue weighted by atomic mass is 19.3. The highest BCUT2D eigenvalue weighted by molar-refractivity contribution is 5.72. The molecular weight excluding hydrogens is 382 g/mol. The van der Waals surface area contributed by atoms with Crippen molar-refractivity contribution < 1.29 is 22.3 Å². The third-order valence-corrected chi connectivity index (χ3v) is 5.37. The van der Waals surface area contributed by atoms with Gasteiger partial charge in [-0.3, -0.25) is 5.10 Å². The Kier molecular flexibility index (Phi) is 3.71. The van der Waals surface area contributed by atoms with Crippen molar-refractivity contribution in [2.45, 2.75) is 25.4 Å². The van der Waals surface area contributed by atoms with Gasteiger partial charge in [0.1, 0.15) is 11.3 Å². The van der Waals surface area contributed by atoms with Crippen molar-refractivity contribution >= 4 is 17.0 Å². The zero-order valence-electron chi connectivity index (χ0n) is 14.3. The molecule has 0 amide bonds. The van der Waals surface area contributed by atoms with E-state index in [9.17, 15) is 17.6 Å². The average molecular weight is 397 g/mol. The number of anilines is 1. The fraction of sp³-hybridized carbons (Fsp3) is 0.500. The standard InChI is InChI=1S/C16H15F4N7O/c17-15(18)28-13-3-12(25-26-13)27-14-10(5-23-27)21-6-11(24-14)22-4-7-1-8-9(2-7)16(8,19)20/h3,5-9,15H,1-2,4H2,(H,22,24)(H,25,26). The van der Waals surface area contributed by atoms with Gasteiger partial charge in [0.25, 0.3) is 5.92 Å². The number of ether oxygens (including phenoxy) is 1. The van der Waals surface area contributed by atoms with Gasteiger partial charge in [0.05, 0.1) is 12.4 Å². The summed E-state index contributed by atoms with van der Waals surface area (Å²) in [5.74, 6) is -2.75. The Hall–Kier alpha value is -2.92. The Morgan fingerprint density at radius 3 is 2.82 bits per heavy atom. The van der Waals surface area contributed by atoms with E-state index in [1.807, 2.05) is 0 Å². The van der Waals surface area contributed by atoms with E-state index in [-0.39, 0.29) is 17.6 Å². The van der Waals surface area contributed by atoms with Gasteiger partial charge in [0.2, 0.25) is 5.88 Å². The number of rotatable bonds is 6. The molecule has 0 spiro atoms. The van der Waals surface area contributed by atoms with Gasteiger partial charge in [-0.05, 0) is 18.8 Å². The van der Waals surface area contributed by atoms with E-state index >= 15 is 0 Å². The predicted molar refractivity (Wildman–Crippen MR) is 88.6 cm³/mol. The molecule has 2 atom stereocenters. The van der Waals surface area contributed by atoms with Crippen LogP contribution in [0.4, 0.5) is 23.4 Å². The maximum absolute atomic E-state index is 13.3. The molecule has 2 aliphatic carbocycles. The molecule has 2 N–H and O–H groups in total. The number of hydrogen-bond acceptors (Lipinski definition) is 6. The number of nitrogens with zero attached hydrogens (tertiary/aromatic N) is 5. The summed E-state index contributed by atoms with van der Waals surface area (Å²) in [5.41, 5.74) is 0.885. The second kappa shape index (κ2) is 6.04. The van der Waals surface area contributed by atoms with Crippen LogP contribution in [-0.2, 0) is 0 Å². The summed E-state index contributed by atoms with van der Waals surface area (Å²) < 4.78 is 56.7. The summed E-state index contributed by atoms with van der Waals surface area (Å²) in [4.78, 5) is 8.70. The summed E-state index contributed by atoms with van der Waals surface area (Å²) in [6.45, 7) is -2.45. The van der Waals surface area contributed by atoms with E-state index in [1.165, 1.54) is 23.1 Å². The summed E-state index contributed by atoms with van der Waals surface area (Å²) in [7, 11) is 0. The van der Waals surface area contributed by atoms with Gasteiger partial charge in [-0.1, -0.05) is 0 Å². The van der Waals surface area contributed by atoms with Gasteiger partial charge in [-0.2, -0.15) is 18.6 Å². The smallest absolute Gasteiger partial charge is 0.388 e. The minimum absolute atomic E-state index is 0.179. The predicted octanol–water partition coefficient (Wildman–Crippen LogP) is 2.84. The number of nitrogens with one attached hydrogen (secondary N) is 2. The number of aromatic nitrogens is 6. The molecule has 0 radical (unpaired) electrons. The van der Waals surface area contributed by atoms with Crippen LogP contribution in [0.3, 0.4) is 0 Å². The molecule has 2 saturated carbocycles. The summed E-state index contributed by atoms with van der Waals surface area (Å²) >= 11 is 0. The first-order valence-corrected chi connectivity index (χ1v) is 8.75. The van der Waals surface area contributed by atoms with Gasteiger partial charge in [0, 0.05) is 24.4 Å². The quantitative estimate of drug-likeness (QED) is 0.622. The van der Waals surface area contributed by atoms with Gasteiger partial charge in [-0.15, -0.1) is 5.10 Å². The monoisotopic (exact) mass is 397 g/mol. The summed E-state index contributed by atoms with van der Waals surface area (Å²) in [6, 6.07) is 1.27. The molecule has 2 unspecified atom stereocenters. The highest BCUT2D eigenvalue weighted by Crippen LogP contribution is 2.65. The number of halogens is 4. The number of hydrogen-bond donors (Lipinski definition) is 2. The van der Waals surface area contributed by atoms with Crippen LogP contribution in [0.15, 0.2) is 18.5 Å². The van der Waals surface area contributed by atoms with Crippen LogP contribution in [-0.4, -0.2) is 49.0 Å². The molecule has 0 saturated heterocycles. The first kappa shape index (κ1) is 17.2. The number of aromatic amines is 1. The molecule has 3 heterocycles. The second-order valence-electron chi connectivity index (χ2n) is 7.10. The topological polar surface area (TPSA) is 93.5 Å². The molecule has 2 fully saturated rings. The van der Waals surface area contributed by atoms with Crippen LogP contribution < -0.4 is 10.1 Å². The van der Waals surface area contributed by atoms with Gasteiger partial charge in [-0.25, -0.2) is 18.7 Å². The Labute approximate surface area is 155 Å². The van der Waals surface area contributed by atoms with Crippen LogP contribution in [0.2, 0.25) is 0 Å². The summed E-state index contributed by atoms with van der Waals surface area (Å²) in [5, 5.41) is 13.5. The maximum Gasteiger partial charge on any atom is 0.388 e. The molecule has 3 aromatic heterocycles. The molecule has 0 bridgehead atoms. The van der Waals surface area contributed by atoms with Crippen molar-refractivity contribution in [1.29, 1.82) is 0 Å². The van der Waals surface area contributed by atoms with Crippen LogP contribution in [0.1, 0.15) is 12.8 Å². The van der Waals surface area contributed by atoms with Crippen molar-refractivity contribution in [3.8, 4) is 11.7 Å². The Morgan fingerprint density at radius 2 is 2.07 bits per heavy atom. The Bertz CT molecular complexity index is 1010. The van der Waals surface area contributed by atoms with Crippen LogP contribution >= 0.6 is 0 Å². The number of H-pyrrole nitrogens is 1. The third-order valence-electron chi connectivity index (χ3n) is 5.37. The first-order chi connectivity index (χ1) is 13.4. The Balaban J connectivity index is 1.30. The highest BCUT2D eigenvalue weighted by Gasteiger charge is 2.71. The lowest BCUT2D eigenvalue weighted by Gasteiger charge is -2.15. The molecule has 5 rings (SSSR count). The lowest BCUT2D eigenvalue weighted by atomic mass is 10.0. The van der Waals surface area contributed by atoms with Gasteiger partial charge in [0.15, 0.2) is 11.5 Å². The van der Waals surface area contributed by atoms with Crippen molar-refractivity contribution in [2.75, 3.05) is 11.9 Å². The zero-order chi connectivity index (χ0) is 19.5. The van der Waals surface area contributed by atoms with Crippen molar-refractivity contribution in [1.82, 2.24) is 29.9 Å². The molecule has 0 aliphatic heterocycles. The normalized spacial score (nSPS) is 25.2. The largest absolute Gasteiger partial charge is 0.415 e. The van der Waals surface area contributed by atoms with Gasteiger partial charge >= 0.3 is 6.61 Å². The molecular formula is C16H15F4N7O. The second-order valence-corrected chi connectivity index (χ2v) is 7.10. The van der Waals surface area contributed by atoms with Crippen molar-refractivity contribution in [3.05, 3.63) is 18.5 Å². The van der Waals surface area contributed by atoms with Crippen LogP contribution in [0.25, 0.3) is 17.0 Å². The van der Waals surface area contributed by atoms with E-state index < -0.39 is 24.4 Å². The van der Waals surface area contributed by atoms with E-state index in [0.717, 1.165) is 0 Å². The first-order valence-electron chi connectivity index (χ1n) is 8.75. The third kappa shape index (κ3) is 2.83. The van der Waals surface area contributed by atoms with Crippen molar-refractivity contribution in [2.24, 2.45) is 17.8 Å². The van der Waals surface area contributed by atoms with Crippen LogP contribution in [0, 0.1) is 17.8 Å². The number of fused-ring (bicyclic) bond motifs is 2. The zero-order valence-corrected chi connectivity index (χ0v) is 14.3. The minimum Gasteiger partial charge on any atom is -0.415 e. The van der Waals surface area contributed by atoms with E-state index in [4.69, 9.17) is 0 Å². The molecule has 2 aliphatic rings.